The summed E-state index contributed by atoms with van der Waals surface area (Å²) >= 11 is 1.50. The van der Waals surface area contributed by atoms with Crippen LogP contribution in [0.25, 0.3) is 16.8 Å². The number of rotatable bonds is 5. The molecule has 28 heavy (non-hydrogen) atoms. The Balaban J connectivity index is 1.66. The molecule has 142 valence electrons. The maximum absolute atomic E-state index is 10.6. The minimum absolute atomic E-state index is 0.167. The van der Waals surface area contributed by atoms with Gasteiger partial charge in [0.15, 0.2) is 0 Å². The molecule has 4 rings (SSSR count). The summed E-state index contributed by atoms with van der Waals surface area (Å²) in [5.41, 5.74) is 3.24. The van der Waals surface area contributed by atoms with Gasteiger partial charge in [-0.1, -0.05) is 36.4 Å². The van der Waals surface area contributed by atoms with E-state index in [-0.39, 0.29) is 18.1 Å². The molecule has 6 heteroatoms. The molecule has 0 atom stereocenters. The van der Waals surface area contributed by atoms with E-state index in [9.17, 15) is 5.11 Å². The Labute approximate surface area is 168 Å². The molecule has 0 saturated heterocycles. The van der Waals surface area contributed by atoms with Crippen molar-refractivity contribution in [3.05, 3.63) is 70.2 Å². The number of aromatic nitrogens is 1. The number of thiazole rings is 1. The lowest BCUT2D eigenvalue weighted by atomic mass is 10.1. The number of aryl methyl sites for hydroxylation is 1. The number of anilines is 1. The quantitative estimate of drug-likeness (QED) is 0.620. The summed E-state index contributed by atoms with van der Waals surface area (Å²) in [5, 5.41) is 19.9. The summed E-state index contributed by atoms with van der Waals surface area (Å²) in [4.78, 5) is 7.58. The van der Waals surface area contributed by atoms with Crippen molar-refractivity contribution in [2.24, 2.45) is 0 Å². The molecule has 0 fully saturated rings. The number of nitrogens with one attached hydrogen (secondary N) is 1. The van der Waals surface area contributed by atoms with Gasteiger partial charge < -0.3 is 14.7 Å². The molecule has 2 aromatic carbocycles. The van der Waals surface area contributed by atoms with Gasteiger partial charge >= 0.3 is 0 Å². The van der Waals surface area contributed by atoms with E-state index in [1.54, 1.807) is 4.90 Å². The topological polar surface area (TPSA) is 69.4 Å². The van der Waals surface area contributed by atoms with Gasteiger partial charge in [-0.25, -0.2) is 4.98 Å². The number of amidine groups is 1. The fourth-order valence-electron chi connectivity index (χ4n) is 3.30. The first-order valence-electron chi connectivity index (χ1n) is 9.13. The largest absolute Gasteiger partial charge is 0.510 e. The molecule has 2 heterocycles. The lowest BCUT2D eigenvalue weighted by Crippen LogP contribution is -2.26. The highest BCUT2D eigenvalue weighted by Gasteiger charge is 2.32. The van der Waals surface area contributed by atoms with Crippen molar-refractivity contribution in [2.75, 3.05) is 18.1 Å². The summed E-state index contributed by atoms with van der Waals surface area (Å²) < 4.78 is 5.56. The Morgan fingerprint density at radius 3 is 2.71 bits per heavy atom. The summed E-state index contributed by atoms with van der Waals surface area (Å²) in [6.07, 6.45) is 0. The number of hydrogen-bond acceptors (Lipinski definition) is 5. The molecule has 0 spiro atoms. The van der Waals surface area contributed by atoms with E-state index in [2.05, 4.69) is 0 Å². The van der Waals surface area contributed by atoms with Gasteiger partial charge in [0.2, 0.25) is 0 Å². The van der Waals surface area contributed by atoms with Crippen LogP contribution in [0.15, 0.2) is 60.4 Å². The Kier molecular flexibility index (Phi) is 4.88. The van der Waals surface area contributed by atoms with Crippen LogP contribution in [0.3, 0.4) is 0 Å². The van der Waals surface area contributed by atoms with Gasteiger partial charge in [-0.2, -0.15) is 0 Å². The molecule has 0 aliphatic carbocycles. The van der Waals surface area contributed by atoms with E-state index < -0.39 is 0 Å². The second kappa shape index (κ2) is 7.48. The zero-order valence-electron chi connectivity index (χ0n) is 15.8. The molecular formula is C22H21N3O2S. The zero-order valence-corrected chi connectivity index (χ0v) is 16.6. The summed E-state index contributed by atoms with van der Waals surface area (Å²) in [7, 11) is 0. The average Bonchev–Trinajstić information content (AvgIpc) is 3.22. The first-order valence-corrected chi connectivity index (χ1v) is 9.94. The molecule has 1 aromatic heterocycles. The molecule has 2 N–H and O–H groups in total. The molecule has 3 aromatic rings. The number of aliphatic hydroxyl groups excluding tert-OH is 1. The minimum Gasteiger partial charge on any atom is -0.510 e. The molecule has 5 nitrogen and oxygen atoms in total. The molecule has 1 aliphatic rings. The predicted molar refractivity (Wildman–Crippen MR) is 115 cm³/mol. The van der Waals surface area contributed by atoms with Crippen LogP contribution in [-0.4, -0.2) is 29.1 Å². The monoisotopic (exact) mass is 391 g/mol. The fourth-order valence-corrected chi connectivity index (χ4v) is 4.30. The Hall–Kier alpha value is -3.12. The predicted octanol–water partition coefficient (Wildman–Crippen LogP) is 5.28. The van der Waals surface area contributed by atoms with Gasteiger partial charge in [0, 0.05) is 22.2 Å². The lowest BCUT2D eigenvalue weighted by molar-refractivity contribution is 0.340. The third kappa shape index (κ3) is 3.27. The molecule has 0 bridgehead atoms. The van der Waals surface area contributed by atoms with Crippen molar-refractivity contribution in [2.45, 2.75) is 13.8 Å². The van der Waals surface area contributed by atoms with Crippen LogP contribution in [0.2, 0.25) is 0 Å². The number of aliphatic hydroxyl groups is 1. The first-order chi connectivity index (χ1) is 13.6. The average molecular weight is 391 g/mol. The normalized spacial score (nSPS) is 14.1. The van der Waals surface area contributed by atoms with Crippen LogP contribution in [0.5, 0.6) is 5.75 Å². The van der Waals surface area contributed by atoms with Crippen LogP contribution in [0.4, 0.5) is 5.69 Å². The van der Waals surface area contributed by atoms with Gasteiger partial charge in [0.05, 0.1) is 24.4 Å². The van der Waals surface area contributed by atoms with E-state index >= 15 is 0 Å². The number of benzene rings is 2. The Morgan fingerprint density at radius 2 is 1.96 bits per heavy atom. The summed E-state index contributed by atoms with van der Waals surface area (Å²) in [6, 6.07) is 17.6. The minimum atomic E-state index is 0.167. The van der Waals surface area contributed by atoms with Crippen LogP contribution in [0, 0.1) is 12.3 Å². The maximum Gasteiger partial charge on any atom is 0.139 e. The van der Waals surface area contributed by atoms with Crippen molar-refractivity contribution < 1.29 is 9.84 Å². The van der Waals surface area contributed by atoms with E-state index in [1.807, 2.05) is 68.4 Å². The molecule has 1 aliphatic heterocycles. The third-order valence-electron chi connectivity index (χ3n) is 4.60. The first kappa shape index (κ1) is 18.3. The highest BCUT2D eigenvalue weighted by molar-refractivity contribution is 7.13. The van der Waals surface area contributed by atoms with E-state index in [1.165, 1.54) is 11.3 Å². The van der Waals surface area contributed by atoms with Crippen LogP contribution in [0.1, 0.15) is 16.8 Å². The van der Waals surface area contributed by atoms with Gasteiger partial charge in [-0.3, -0.25) is 5.41 Å². The van der Waals surface area contributed by atoms with Crippen molar-refractivity contribution in [3.63, 3.8) is 0 Å². The summed E-state index contributed by atoms with van der Waals surface area (Å²) in [5.74, 6) is 1.16. The third-order valence-corrected chi connectivity index (χ3v) is 5.59. The number of ether oxygens (including phenoxy) is 1. The number of nitrogens with zero attached hydrogens (tertiary/aromatic N) is 2. The second-order valence-corrected chi connectivity index (χ2v) is 7.68. The van der Waals surface area contributed by atoms with E-state index in [4.69, 9.17) is 15.1 Å². The van der Waals surface area contributed by atoms with Crippen molar-refractivity contribution in [1.82, 2.24) is 4.98 Å². The Bertz CT molecular complexity index is 1060. The zero-order chi connectivity index (χ0) is 19.7. The van der Waals surface area contributed by atoms with Crippen molar-refractivity contribution in [1.29, 1.82) is 5.41 Å². The molecule has 0 unspecified atom stereocenters. The van der Waals surface area contributed by atoms with Gasteiger partial charge in [-0.05, 0) is 26.0 Å². The van der Waals surface area contributed by atoms with Crippen LogP contribution >= 0.6 is 11.3 Å². The fraction of sp³-hybridized carbons (Fsp3) is 0.182. The van der Waals surface area contributed by atoms with Crippen LogP contribution < -0.4 is 9.64 Å². The smallest absolute Gasteiger partial charge is 0.139 e. The summed E-state index contributed by atoms with van der Waals surface area (Å²) in [6.45, 7) is 4.79. The molecular weight excluding hydrogens is 370 g/mol. The second-order valence-electron chi connectivity index (χ2n) is 6.48. The molecule has 0 amide bonds. The number of hydrogen-bond donors (Lipinski definition) is 2. The van der Waals surface area contributed by atoms with Gasteiger partial charge in [0.1, 0.15) is 22.4 Å². The lowest BCUT2D eigenvalue weighted by Gasteiger charge is -2.19. The molecule has 0 radical (unpaired) electrons. The SMILES string of the molecule is CCOc1cccc(N2CC(O)=C(c3nc(-c4ccccc4)c(C)s3)C2=N)c1. The van der Waals surface area contributed by atoms with Crippen molar-refractivity contribution >= 4 is 28.4 Å². The highest BCUT2D eigenvalue weighted by Crippen LogP contribution is 2.37. The van der Waals surface area contributed by atoms with E-state index in [0.29, 0.717) is 17.2 Å². The van der Waals surface area contributed by atoms with E-state index in [0.717, 1.165) is 27.6 Å². The van der Waals surface area contributed by atoms with Crippen LogP contribution in [-0.2, 0) is 0 Å². The Morgan fingerprint density at radius 1 is 1.18 bits per heavy atom. The van der Waals surface area contributed by atoms with Crippen molar-refractivity contribution in [3.8, 4) is 17.0 Å². The molecule has 0 saturated carbocycles. The van der Waals surface area contributed by atoms with Gasteiger partial charge in [0.25, 0.3) is 0 Å². The highest BCUT2D eigenvalue weighted by atomic mass is 32.1. The maximum atomic E-state index is 10.6. The van der Waals surface area contributed by atoms with Gasteiger partial charge in [-0.15, -0.1) is 11.3 Å². The standard InChI is InChI=1S/C22H21N3O2S/c1-3-27-17-11-7-10-16(12-17)25-13-18(26)19(21(25)23)22-24-20(14(2)28-22)15-8-5-4-6-9-15/h4-12,23,26H,3,13H2,1-2H3.